The number of H-pyrrole nitrogens is 1. The summed E-state index contributed by atoms with van der Waals surface area (Å²) in [6, 6.07) is 9.70. The van der Waals surface area contributed by atoms with Crippen molar-refractivity contribution >= 4 is 40.0 Å². The number of fused-ring (bicyclic) bond motifs is 1. The zero-order valence-corrected chi connectivity index (χ0v) is 14.5. The second-order valence-corrected chi connectivity index (χ2v) is 6.96. The maximum absolute atomic E-state index is 12.0. The van der Waals surface area contributed by atoms with E-state index in [1.807, 2.05) is 42.6 Å². The third-order valence-electron chi connectivity index (χ3n) is 3.35. The zero-order chi connectivity index (χ0) is 16.2. The minimum absolute atomic E-state index is 0.00561. The van der Waals surface area contributed by atoms with Crippen LogP contribution in [0.3, 0.4) is 0 Å². The molecule has 2 aromatic heterocycles. The number of benzene rings is 1. The molecule has 0 bridgehead atoms. The fourth-order valence-corrected chi connectivity index (χ4v) is 3.62. The van der Waals surface area contributed by atoms with E-state index >= 15 is 0 Å². The van der Waals surface area contributed by atoms with Crippen molar-refractivity contribution in [1.29, 1.82) is 0 Å². The largest absolute Gasteiger partial charge is 0.497 e. The van der Waals surface area contributed by atoms with Crippen molar-refractivity contribution in [3.05, 3.63) is 40.6 Å². The number of thiophene rings is 1. The van der Waals surface area contributed by atoms with Gasteiger partial charge in [-0.05, 0) is 30.5 Å². The average Bonchev–Trinajstić information content (AvgIpc) is 3.21. The molecule has 0 radical (unpaired) electrons. The number of methoxy groups -OCH3 is 1. The molecule has 0 saturated carbocycles. The Kier molecular flexibility index (Phi) is 4.88. The molecule has 5 nitrogen and oxygen atoms in total. The van der Waals surface area contributed by atoms with E-state index in [-0.39, 0.29) is 11.9 Å². The number of hydrogen-bond acceptors (Lipinski definition) is 5. The Morgan fingerprint density at radius 2 is 2.35 bits per heavy atom. The van der Waals surface area contributed by atoms with E-state index in [1.165, 1.54) is 11.8 Å². The number of carbonyl (C=O) groups is 1. The van der Waals surface area contributed by atoms with Gasteiger partial charge in [-0.3, -0.25) is 4.79 Å². The van der Waals surface area contributed by atoms with Crippen LogP contribution in [-0.4, -0.2) is 28.7 Å². The highest BCUT2D eigenvalue weighted by molar-refractivity contribution is 7.99. The quantitative estimate of drug-likeness (QED) is 0.669. The second-order valence-electron chi connectivity index (χ2n) is 5.02. The molecule has 0 aliphatic heterocycles. The number of ether oxygens (including phenoxy) is 1. The zero-order valence-electron chi connectivity index (χ0n) is 12.8. The topological polar surface area (TPSA) is 67.0 Å². The molecule has 0 unspecified atom stereocenters. The smallest absolute Gasteiger partial charge is 0.230 e. The molecule has 0 aliphatic rings. The van der Waals surface area contributed by atoms with Crippen molar-refractivity contribution in [1.82, 2.24) is 15.3 Å². The van der Waals surface area contributed by atoms with E-state index in [4.69, 9.17) is 4.74 Å². The van der Waals surface area contributed by atoms with Crippen molar-refractivity contribution in [2.45, 2.75) is 18.1 Å². The number of hydrogen-bond donors (Lipinski definition) is 2. The lowest BCUT2D eigenvalue weighted by molar-refractivity contribution is -0.119. The van der Waals surface area contributed by atoms with Crippen LogP contribution in [-0.2, 0) is 4.79 Å². The molecule has 1 amide bonds. The molecular weight excluding hydrogens is 330 g/mol. The average molecular weight is 347 g/mol. The van der Waals surface area contributed by atoms with Crippen molar-refractivity contribution < 1.29 is 9.53 Å². The van der Waals surface area contributed by atoms with Gasteiger partial charge >= 0.3 is 0 Å². The normalized spacial score (nSPS) is 12.3. The van der Waals surface area contributed by atoms with E-state index in [1.54, 1.807) is 18.4 Å². The molecule has 2 N–H and O–H groups in total. The lowest BCUT2D eigenvalue weighted by atomic mass is 10.3. The molecule has 3 rings (SSSR count). The van der Waals surface area contributed by atoms with Crippen LogP contribution < -0.4 is 10.1 Å². The first kappa shape index (κ1) is 15.9. The maximum atomic E-state index is 12.0. The molecule has 0 aliphatic carbocycles. The number of carbonyl (C=O) groups excluding carboxylic acids is 1. The minimum Gasteiger partial charge on any atom is -0.497 e. The number of thioether (sulfide) groups is 1. The predicted molar refractivity (Wildman–Crippen MR) is 94.2 cm³/mol. The van der Waals surface area contributed by atoms with Crippen LogP contribution >= 0.6 is 23.1 Å². The Labute approximate surface area is 142 Å². The molecule has 1 aromatic carbocycles. The van der Waals surface area contributed by atoms with E-state index in [9.17, 15) is 4.79 Å². The summed E-state index contributed by atoms with van der Waals surface area (Å²) in [4.78, 5) is 20.9. The summed E-state index contributed by atoms with van der Waals surface area (Å²) < 4.78 is 5.19. The van der Waals surface area contributed by atoms with Crippen molar-refractivity contribution in [3.8, 4) is 5.75 Å². The van der Waals surface area contributed by atoms with Gasteiger partial charge in [0.05, 0.1) is 29.9 Å². The summed E-state index contributed by atoms with van der Waals surface area (Å²) in [5.41, 5.74) is 1.76. The highest BCUT2D eigenvalue weighted by Gasteiger charge is 2.12. The van der Waals surface area contributed by atoms with Crippen LogP contribution in [0.25, 0.3) is 11.0 Å². The van der Waals surface area contributed by atoms with Gasteiger partial charge in [0.15, 0.2) is 5.16 Å². The molecule has 2 heterocycles. The van der Waals surface area contributed by atoms with E-state index < -0.39 is 0 Å². The predicted octanol–water partition coefficient (Wildman–Crippen LogP) is 3.60. The summed E-state index contributed by atoms with van der Waals surface area (Å²) in [7, 11) is 1.63. The molecule has 7 heteroatoms. The highest BCUT2D eigenvalue weighted by atomic mass is 32.2. The minimum atomic E-state index is -0.00561. The van der Waals surface area contributed by atoms with E-state index in [0.29, 0.717) is 5.75 Å². The third kappa shape index (κ3) is 3.86. The van der Waals surface area contributed by atoms with Gasteiger partial charge in [0.2, 0.25) is 5.91 Å². The van der Waals surface area contributed by atoms with Crippen molar-refractivity contribution in [2.24, 2.45) is 0 Å². The maximum Gasteiger partial charge on any atom is 0.230 e. The standard InChI is InChI=1S/C16H17N3O2S2/c1-10(14-4-3-7-22-14)17-15(20)9-23-16-18-12-6-5-11(21-2)8-13(12)19-16/h3-8,10H,9H2,1-2H3,(H,17,20)(H,18,19)/t10-/m0/s1. The number of aromatic amines is 1. The van der Waals surface area contributed by atoms with Crippen molar-refractivity contribution in [3.63, 3.8) is 0 Å². The van der Waals surface area contributed by atoms with Crippen LogP contribution in [0, 0.1) is 0 Å². The third-order valence-corrected chi connectivity index (χ3v) is 5.28. The molecule has 1 atom stereocenters. The molecule has 3 aromatic rings. The van der Waals surface area contributed by atoms with Crippen LogP contribution in [0.5, 0.6) is 5.75 Å². The number of aromatic nitrogens is 2. The van der Waals surface area contributed by atoms with Crippen LogP contribution in [0.2, 0.25) is 0 Å². The molecule has 23 heavy (non-hydrogen) atoms. The summed E-state index contributed by atoms with van der Waals surface area (Å²) in [6.07, 6.45) is 0. The lowest BCUT2D eigenvalue weighted by Crippen LogP contribution is -2.27. The Morgan fingerprint density at radius 3 is 3.09 bits per heavy atom. The van der Waals surface area contributed by atoms with Gasteiger partial charge in [-0.25, -0.2) is 4.98 Å². The van der Waals surface area contributed by atoms with Gasteiger partial charge in [-0.15, -0.1) is 11.3 Å². The van der Waals surface area contributed by atoms with E-state index in [0.717, 1.165) is 26.8 Å². The van der Waals surface area contributed by atoms with Gasteiger partial charge in [0, 0.05) is 10.9 Å². The monoisotopic (exact) mass is 347 g/mol. The summed E-state index contributed by atoms with van der Waals surface area (Å²) in [5.74, 6) is 1.10. The lowest BCUT2D eigenvalue weighted by Gasteiger charge is -2.11. The van der Waals surface area contributed by atoms with Gasteiger partial charge in [0.1, 0.15) is 5.75 Å². The first-order chi connectivity index (χ1) is 11.2. The number of imidazole rings is 1. The van der Waals surface area contributed by atoms with Crippen molar-refractivity contribution in [2.75, 3.05) is 12.9 Å². The summed E-state index contributed by atoms with van der Waals surface area (Å²) in [6.45, 7) is 1.99. The number of amides is 1. The summed E-state index contributed by atoms with van der Waals surface area (Å²) in [5, 5.41) is 5.73. The van der Waals surface area contributed by atoms with Gasteiger partial charge < -0.3 is 15.0 Å². The molecular formula is C16H17N3O2S2. The second kappa shape index (κ2) is 7.06. The van der Waals surface area contributed by atoms with Crippen LogP contribution in [0.15, 0.2) is 40.9 Å². The van der Waals surface area contributed by atoms with Gasteiger partial charge in [-0.2, -0.15) is 0 Å². The molecule has 0 spiro atoms. The van der Waals surface area contributed by atoms with E-state index in [2.05, 4.69) is 15.3 Å². The van der Waals surface area contributed by atoms with Crippen LogP contribution in [0.1, 0.15) is 17.8 Å². The number of nitrogens with zero attached hydrogens (tertiary/aromatic N) is 1. The number of rotatable bonds is 6. The van der Waals surface area contributed by atoms with Gasteiger partial charge in [0.25, 0.3) is 0 Å². The first-order valence-electron chi connectivity index (χ1n) is 7.15. The highest BCUT2D eigenvalue weighted by Crippen LogP contribution is 2.23. The Bertz CT molecular complexity index is 799. The Hall–Kier alpha value is -1.99. The molecule has 0 fully saturated rings. The Morgan fingerprint density at radius 1 is 1.48 bits per heavy atom. The fraction of sp³-hybridized carbons (Fsp3) is 0.250. The van der Waals surface area contributed by atoms with Gasteiger partial charge in [-0.1, -0.05) is 17.8 Å². The summed E-state index contributed by atoms with van der Waals surface area (Å²) >= 11 is 3.03. The first-order valence-corrected chi connectivity index (χ1v) is 9.01. The SMILES string of the molecule is COc1ccc2nc(SCC(=O)N[C@@H](C)c3cccs3)[nH]c2c1. The Balaban J connectivity index is 1.58. The molecule has 120 valence electrons. The molecule has 0 saturated heterocycles. The number of nitrogens with one attached hydrogen (secondary N) is 2. The van der Waals surface area contributed by atoms with Crippen LogP contribution in [0.4, 0.5) is 0 Å². The fourth-order valence-electron chi connectivity index (χ4n) is 2.19.